The monoisotopic (exact) mass is 377 g/mol. The number of pyridine rings is 2. The van der Waals surface area contributed by atoms with E-state index in [1.165, 1.54) is 6.33 Å². The van der Waals surface area contributed by atoms with Gasteiger partial charge in [0.05, 0.1) is 17.1 Å². The molecule has 0 saturated heterocycles. The molecule has 8 heteroatoms. The third-order valence-electron chi connectivity index (χ3n) is 5.46. The van der Waals surface area contributed by atoms with Crippen LogP contribution in [0.3, 0.4) is 0 Å². The molecule has 0 radical (unpaired) electrons. The first-order valence-corrected chi connectivity index (χ1v) is 9.13. The van der Waals surface area contributed by atoms with Crippen LogP contribution in [-0.4, -0.2) is 53.0 Å². The third kappa shape index (κ3) is 2.61. The van der Waals surface area contributed by atoms with E-state index >= 15 is 0 Å². The van der Waals surface area contributed by atoms with E-state index in [4.69, 9.17) is 4.74 Å². The number of aryl methyl sites for hydroxylation is 1. The van der Waals surface area contributed by atoms with Gasteiger partial charge in [0, 0.05) is 36.6 Å². The summed E-state index contributed by atoms with van der Waals surface area (Å²) < 4.78 is 7.92. The lowest BCUT2D eigenvalue weighted by Crippen LogP contribution is -2.34. The van der Waals surface area contributed by atoms with Gasteiger partial charge >= 0.3 is 0 Å². The van der Waals surface area contributed by atoms with Gasteiger partial charge in [-0.25, -0.2) is 15.0 Å². The van der Waals surface area contributed by atoms with Crippen LogP contribution in [0.25, 0.3) is 21.8 Å². The number of aliphatic hydroxyl groups is 2. The van der Waals surface area contributed by atoms with Crippen molar-refractivity contribution < 1.29 is 14.9 Å². The van der Waals surface area contributed by atoms with Crippen LogP contribution in [0, 0.1) is 6.92 Å². The van der Waals surface area contributed by atoms with Crippen LogP contribution in [0.1, 0.15) is 18.2 Å². The molecule has 4 aromatic rings. The van der Waals surface area contributed by atoms with E-state index in [0.29, 0.717) is 12.3 Å². The Kier molecular flexibility index (Phi) is 3.96. The van der Waals surface area contributed by atoms with Crippen LogP contribution >= 0.6 is 0 Å². The van der Waals surface area contributed by atoms with Crippen molar-refractivity contribution in [3.8, 4) is 5.88 Å². The fourth-order valence-corrected chi connectivity index (χ4v) is 3.95. The molecule has 0 aliphatic heterocycles. The number of hydrogen-bond donors (Lipinski definition) is 2. The van der Waals surface area contributed by atoms with Crippen molar-refractivity contribution in [1.82, 2.24) is 24.5 Å². The highest BCUT2D eigenvalue weighted by atomic mass is 16.5. The minimum atomic E-state index is -1.04. The zero-order valence-corrected chi connectivity index (χ0v) is 15.2. The second kappa shape index (κ2) is 6.50. The van der Waals surface area contributed by atoms with Gasteiger partial charge in [0.15, 0.2) is 0 Å². The zero-order chi connectivity index (χ0) is 19.3. The van der Waals surface area contributed by atoms with Crippen molar-refractivity contribution in [3.63, 3.8) is 0 Å². The molecule has 0 aromatic carbocycles. The number of nitrogens with zero attached hydrogens (tertiary/aromatic N) is 5. The maximum atomic E-state index is 10.7. The first kappa shape index (κ1) is 17.0. The maximum Gasteiger partial charge on any atom is 0.223 e. The molecular formula is C20H19N5O3. The molecule has 142 valence electrons. The van der Waals surface area contributed by atoms with Crippen LogP contribution in [0.4, 0.5) is 0 Å². The van der Waals surface area contributed by atoms with E-state index in [0.717, 1.165) is 27.5 Å². The summed E-state index contributed by atoms with van der Waals surface area (Å²) in [6.07, 6.45) is 6.23. The Morgan fingerprint density at radius 2 is 1.89 bits per heavy atom. The summed E-state index contributed by atoms with van der Waals surface area (Å²) >= 11 is 0. The molecule has 0 amide bonds. The SMILES string of the molecule is Cc1ncnc2c1ccn2C1CC(Oc2nccc3ccncc23)C(O)C1O. The highest BCUT2D eigenvalue weighted by Gasteiger charge is 2.44. The summed E-state index contributed by atoms with van der Waals surface area (Å²) in [7, 11) is 0. The Labute approximate surface area is 160 Å². The molecule has 1 saturated carbocycles. The predicted molar refractivity (Wildman–Crippen MR) is 102 cm³/mol. The van der Waals surface area contributed by atoms with E-state index in [-0.39, 0.29) is 6.04 Å². The van der Waals surface area contributed by atoms with Crippen molar-refractivity contribution in [2.75, 3.05) is 0 Å². The molecule has 4 unspecified atom stereocenters. The Bertz CT molecular complexity index is 1160. The Balaban J connectivity index is 1.47. The van der Waals surface area contributed by atoms with Crippen LogP contribution < -0.4 is 4.74 Å². The average Bonchev–Trinajstić information content (AvgIpc) is 3.26. The lowest BCUT2D eigenvalue weighted by atomic mass is 10.2. The molecule has 1 aliphatic rings. The van der Waals surface area contributed by atoms with Crippen molar-refractivity contribution in [2.45, 2.75) is 37.7 Å². The Hall–Kier alpha value is -3.10. The lowest BCUT2D eigenvalue weighted by molar-refractivity contribution is -0.0170. The standard InChI is InChI=1S/C20H19N5O3/c1-11-13-4-7-25(19(13)24-10-23-11)15-8-16(18(27)17(15)26)28-20-14-9-21-5-2-12(14)3-6-22-20/h2-7,9-10,15-18,26-27H,8H2,1H3. The molecule has 8 nitrogen and oxygen atoms in total. The topological polar surface area (TPSA) is 106 Å². The number of aliphatic hydroxyl groups excluding tert-OH is 2. The molecule has 4 atom stereocenters. The predicted octanol–water partition coefficient (Wildman–Crippen LogP) is 1.80. The molecule has 1 fully saturated rings. The first-order valence-electron chi connectivity index (χ1n) is 9.13. The lowest BCUT2D eigenvalue weighted by Gasteiger charge is -2.19. The van der Waals surface area contributed by atoms with Gasteiger partial charge in [-0.05, 0) is 30.5 Å². The van der Waals surface area contributed by atoms with E-state index in [2.05, 4.69) is 19.9 Å². The van der Waals surface area contributed by atoms with E-state index in [1.807, 2.05) is 35.9 Å². The van der Waals surface area contributed by atoms with Gasteiger partial charge < -0.3 is 19.5 Å². The van der Waals surface area contributed by atoms with E-state index in [1.54, 1.807) is 18.6 Å². The second-order valence-electron chi connectivity index (χ2n) is 7.07. The summed E-state index contributed by atoms with van der Waals surface area (Å²) in [6.45, 7) is 1.92. The van der Waals surface area contributed by atoms with E-state index in [9.17, 15) is 10.2 Å². The fourth-order valence-electron chi connectivity index (χ4n) is 3.95. The normalized spacial score (nSPS) is 24.8. The fraction of sp³-hybridized carbons (Fsp3) is 0.300. The summed E-state index contributed by atoms with van der Waals surface area (Å²) in [5.41, 5.74) is 1.61. The smallest absolute Gasteiger partial charge is 0.223 e. The second-order valence-corrected chi connectivity index (χ2v) is 7.07. The molecular weight excluding hydrogens is 358 g/mol. The molecule has 28 heavy (non-hydrogen) atoms. The van der Waals surface area contributed by atoms with Gasteiger partial charge in [0.1, 0.15) is 30.3 Å². The summed E-state index contributed by atoms with van der Waals surface area (Å²) in [5, 5.41) is 24.0. The first-order chi connectivity index (χ1) is 13.6. The quantitative estimate of drug-likeness (QED) is 0.561. The molecule has 1 aliphatic carbocycles. The number of rotatable bonds is 3. The van der Waals surface area contributed by atoms with Gasteiger partial charge in [-0.3, -0.25) is 4.98 Å². The maximum absolute atomic E-state index is 10.7. The number of hydrogen-bond acceptors (Lipinski definition) is 7. The van der Waals surface area contributed by atoms with Gasteiger partial charge in [0.25, 0.3) is 0 Å². The molecule has 0 spiro atoms. The Morgan fingerprint density at radius 1 is 1.04 bits per heavy atom. The highest BCUT2D eigenvalue weighted by Crippen LogP contribution is 2.36. The molecule has 2 N–H and O–H groups in total. The van der Waals surface area contributed by atoms with Crippen molar-refractivity contribution in [3.05, 3.63) is 55.0 Å². The van der Waals surface area contributed by atoms with Crippen LogP contribution in [-0.2, 0) is 0 Å². The van der Waals surface area contributed by atoms with Crippen molar-refractivity contribution in [1.29, 1.82) is 0 Å². The Morgan fingerprint density at radius 3 is 2.79 bits per heavy atom. The summed E-state index contributed by atoms with van der Waals surface area (Å²) in [4.78, 5) is 17.0. The third-order valence-corrected chi connectivity index (χ3v) is 5.46. The molecule has 4 aromatic heterocycles. The van der Waals surface area contributed by atoms with Gasteiger partial charge in [0.2, 0.25) is 5.88 Å². The van der Waals surface area contributed by atoms with Crippen LogP contribution in [0.2, 0.25) is 0 Å². The number of ether oxygens (including phenoxy) is 1. The van der Waals surface area contributed by atoms with Crippen molar-refractivity contribution in [2.24, 2.45) is 0 Å². The van der Waals surface area contributed by atoms with Crippen LogP contribution in [0.15, 0.2) is 49.3 Å². The minimum Gasteiger partial charge on any atom is -0.471 e. The molecule has 4 heterocycles. The zero-order valence-electron chi connectivity index (χ0n) is 15.2. The minimum absolute atomic E-state index is 0.361. The molecule has 5 rings (SSSR count). The van der Waals surface area contributed by atoms with Crippen molar-refractivity contribution >= 4 is 21.8 Å². The van der Waals surface area contributed by atoms with E-state index < -0.39 is 18.3 Å². The van der Waals surface area contributed by atoms with Crippen LogP contribution in [0.5, 0.6) is 5.88 Å². The number of aromatic nitrogens is 5. The summed E-state index contributed by atoms with van der Waals surface area (Å²) in [5.74, 6) is 0.401. The van der Waals surface area contributed by atoms with Gasteiger partial charge in [-0.2, -0.15) is 0 Å². The number of fused-ring (bicyclic) bond motifs is 2. The largest absolute Gasteiger partial charge is 0.471 e. The average molecular weight is 377 g/mol. The highest BCUT2D eigenvalue weighted by molar-refractivity contribution is 5.85. The summed E-state index contributed by atoms with van der Waals surface area (Å²) in [6, 6.07) is 5.32. The van der Waals surface area contributed by atoms with Gasteiger partial charge in [-0.1, -0.05) is 0 Å². The van der Waals surface area contributed by atoms with Gasteiger partial charge in [-0.15, -0.1) is 0 Å². The molecule has 0 bridgehead atoms.